The fraction of sp³-hybridized carbons (Fsp3) is 0.812. The summed E-state index contributed by atoms with van der Waals surface area (Å²) in [5.41, 5.74) is 3.21. The summed E-state index contributed by atoms with van der Waals surface area (Å²) in [6.45, 7) is 4.71. The van der Waals surface area contributed by atoms with Crippen molar-refractivity contribution in [3.8, 4) is 0 Å². The summed E-state index contributed by atoms with van der Waals surface area (Å²) in [7, 11) is 0. The first kappa shape index (κ1) is 24.3. The van der Waals surface area contributed by atoms with Gasteiger partial charge >= 0.3 is 0 Å². The molecule has 0 unspecified atom stereocenters. The van der Waals surface area contributed by atoms with Crippen LogP contribution >= 0.6 is 0 Å². The van der Waals surface area contributed by atoms with Crippen LogP contribution < -0.4 is 0 Å². The normalized spacial score (nSPS) is 33.8. The highest BCUT2D eigenvalue weighted by Gasteiger charge is 2.30. The first-order chi connectivity index (χ1) is 15.7. The average molecular weight is 437 g/mol. The zero-order chi connectivity index (χ0) is 22.2. The van der Waals surface area contributed by atoms with E-state index in [-0.39, 0.29) is 0 Å². The minimum absolute atomic E-state index is 0.837. The highest BCUT2D eigenvalue weighted by Crippen LogP contribution is 2.43. The molecule has 0 aliphatic heterocycles. The van der Waals surface area contributed by atoms with Gasteiger partial charge in [-0.1, -0.05) is 89.5 Å². The van der Waals surface area contributed by atoms with E-state index in [0.29, 0.717) is 0 Å². The molecule has 3 aliphatic carbocycles. The largest absolute Gasteiger partial charge is 0.0654 e. The van der Waals surface area contributed by atoms with Crippen LogP contribution in [0.3, 0.4) is 0 Å². The maximum absolute atomic E-state index is 2.47. The Balaban J connectivity index is 1.13. The van der Waals surface area contributed by atoms with Gasteiger partial charge < -0.3 is 0 Å². The molecule has 1 aromatic rings. The Kier molecular flexibility index (Phi) is 9.60. The second-order valence-electron chi connectivity index (χ2n) is 12.1. The van der Waals surface area contributed by atoms with E-state index in [9.17, 15) is 0 Å². The van der Waals surface area contributed by atoms with Gasteiger partial charge in [0.25, 0.3) is 0 Å². The number of aryl methyl sites for hydroxylation is 1. The number of hydrogen-bond donors (Lipinski definition) is 0. The summed E-state index contributed by atoms with van der Waals surface area (Å²) in [6.07, 6.45) is 26.5. The Hall–Kier alpha value is -0.780. The standard InChI is InChI=1S/C32H52/c1-3-5-6-26-11-19-30(20-12-26)32-23-15-28(16-24-32)8-7-27-13-21-31(22-14-27)29-17-9-25(4-2)10-18-29/h13-14,21-22,25-26,28-30,32H,3-12,15-20,23-24H2,1-2H3. The van der Waals surface area contributed by atoms with Crippen LogP contribution in [0.4, 0.5) is 0 Å². The summed E-state index contributed by atoms with van der Waals surface area (Å²) in [6, 6.07) is 9.87. The van der Waals surface area contributed by atoms with Gasteiger partial charge in [0.05, 0.1) is 0 Å². The molecule has 0 spiro atoms. The van der Waals surface area contributed by atoms with Crippen molar-refractivity contribution in [2.75, 3.05) is 0 Å². The molecule has 0 N–H and O–H groups in total. The van der Waals surface area contributed by atoms with Crippen LogP contribution in [0.15, 0.2) is 24.3 Å². The van der Waals surface area contributed by atoms with E-state index in [1.165, 1.54) is 89.9 Å². The maximum Gasteiger partial charge on any atom is -0.0162 e. The van der Waals surface area contributed by atoms with Crippen molar-refractivity contribution in [1.29, 1.82) is 0 Å². The molecule has 0 heterocycles. The van der Waals surface area contributed by atoms with Gasteiger partial charge in [0.1, 0.15) is 0 Å². The van der Waals surface area contributed by atoms with E-state index < -0.39 is 0 Å². The molecule has 4 rings (SSSR count). The van der Waals surface area contributed by atoms with E-state index >= 15 is 0 Å². The molecule has 0 bridgehead atoms. The summed E-state index contributed by atoms with van der Waals surface area (Å²) in [4.78, 5) is 0. The van der Waals surface area contributed by atoms with Gasteiger partial charge in [-0.15, -0.1) is 0 Å². The van der Waals surface area contributed by atoms with Gasteiger partial charge in [0, 0.05) is 0 Å². The number of benzene rings is 1. The lowest BCUT2D eigenvalue weighted by atomic mass is 9.68. The first-order valence-electron chi connectivity index (χ1n) is 14.8. The minimum atomic E-state index is 0.837. The summed E-state index contributed by atoms with van der Waals surface area (Å²) >= 11 is 0. The van der Waals surface area contributed by atoms with Crippen molar-refractivity contribution < 1.29 is 0 Å². The Labute approximate surface area is 200 Å². The second-order valence-corrected chi connectivity index (χ2v) is 12.1. The predicted molar refractivity (Wildman–Crippen MR) is 140 cm³/mol. The van der Waals surface area contributed by atoms with Crippen LogP contribution in [-0.2, 0) is 6.42 Å². The van der Waals surface area contributed by atoms with Crippen LogP contribution in [0, 0.1) is 29.6 Å². The maximum atomic E-state index is 2.47. The van der Waals surface area contributed by atoms with Crippen LogP contribution in [0.1, 0.15) is 140 Å². The van der Waals surface area contributed by atoms with Crippen LogP contribution in [0.2, 0.25) is 0 Å². The van der Waals surface area contributed by atoms with Gasteiger partial charge in [-0.25, -0.2) is 0 Å². The van der Waals surface area contributed by atoms with Gasteiger partial charge in [-0.05, 0) is 111 Å². The third-order valence-electron chi connectivity index (χ3n) is 10.1. The highest BCUT2D eigenvalue weighted by atomic mass is 14.4. The minimum Gasteiger partial charge on any atom is -0.0654 e. The third-order valence-corrected chi connectivity index (χ3v) is 10.1. The van der Waals surface area contributed by atoms with Crippen molar-refractivity contribution in [3.05, 3.63) is 35.4 Å². The van der Waals surface area contributed by atoms with E-state index in [0.717, 1.165) is 35.5 Å². The molecule has 0 aromatic heterocycles. The molecule has 0 radical (unpaired) electrons. The van der Waals surface area contributed by atoms with Crippen LogP contribution in [0.25, 0.3) is 0 Å². The molecule has 0 amide bonds. The number of hydrogen-bond acceptors (Lipinski definition) is 0. The molecule has 0 heteroatoms. The topological polar surface area (TPSA) is 0 Å². The third kappa shape index (κ3) is 6.87. The molecule has 0 saturated heterocycles. The lowest BCUT2D eigenvalue weighted by Gasteiger charge is -2.38. The Morgan fingerprint density at radius 2 is 1.12 bits per heavy atom. The molecular formula is C32H52. The molecule has 180 valence electrons. The number of rotatable bonds is 9. The zero-order valence-electron chi connectivity index (χ0n) is 21.5. The van der Waals surface area contributed by atoms with E-state index in [4.69, 9.17) is 0 Å². The molecule has 3 aliphatic rings. The molecule has 3 fully saturated rings. The summed E-state index contributed by atoms with van der Waals surface area (Å²) in [5.74, 6) is 6.05. The second kappa shape index (κ2) is 12.6. The highest BCUT2D eigenvalue weighted by molar-refractivity contribution is 5.26. The molecule has 32 heavy (non-hydrogen) atoms. The molecule has 0 atom stereocenters. The van der Waals surface area contributed by atoms with Crippen molar-refractivity contribution in [2.24, 2.45) is 29.6 Å². The SMILES string of the molecule is CCCCC1CCC(C2CCC(CCc3ccc(C4CCC(CC)CC4)cc3)CC2)CC1. The summed E-state index contributed by atoms with van der Waals surface area (Å²) in [5, 5.41) is 0. The van der Waals surface area contributed by atoms with Crippen LogP contribution in [-0.4, -0.2) is 0 Å². The van der Waals surface area contributed by atoms with Gasteiger partial charge in [-0.3, -0.25) is 0 Å². The average Bonchev–Trinajstić information content (AvgIpc) is 2.87. The molecule has 1 aromatic carbocycles. The predicted octanol–water partition coefficient (Wildman–Crippen LogP) is 10.1. The number of unbranched alkanes of at least 4 members (excludes halogenated alkanes) is 1. The molecular weight excluding hydrogens is 384 g/mol. The smallest absolute Gasteiger partial charge is 0.0162 e. The first-order valence-corrected chi connectivity index (χ1v) is 14.8. The Morgan fingerprint density at radius 3 is 1.66 bits per heavy atom. The van der Waals surface area contributed by atoms with Crippen molar-refractivity contribution in [1.82, 2.24) is 0 Å². The lowest BCUT2D eigenvalue weighted by Crippen LogP contribution is -2.26. The lowest BCUT2D eigenvalue weighted by molar-refractivity contribution is 0.140. The van der Waals surface area contributed by atoms with E-state index in [1.807, 2.05) is 0 Å². The van der Waals surface area contributed by atoms with Crippen molar-refractivity contribution in [3.63, 3.8) is 0 Å². The molecule has 3 saturated carbocycles. The monoisotopic (exact) mass is 436 g/mol. The molecule has 0 nitrogen and oxygen atoms in total. The zero-order valence-corrected chi connectivity index (χ0v) is 21.5. The fourth-order valence-corrected chi connectivity index (χ4v) is 7.62. The van der Waals surface area contributed by atoms with Gasteiger partial charge in [0.15, 0.2) is 0 Å². The quantitative estimate of drug-likeness (QED) is 0.361. The summed E-state index contributed by atoms with van der Waals surface area (Å²) < 4.78 is 0. The van der Waals surface area contributed by atoms with Crippen molar-refractivity contribution >= 4 is 0 Å². The Bertz CT molecular complexity index is 619. The fourth-order valence-electron chi connectivity index (χ4n) is 7.62. The van der Waals surface area contributed by atoms with E-state index in [1.54, 1.807) is 36.8 Å². The van der Waals surface area contributed by atoms with Gasteiger partial charge in [0.2, 0.25) is 0 Å². The van der Waals surface area contributed by atoms with Crippen molar-refractivity contribution in [2.45, 2.75) is 135 Å². The van der Waals surface area contributed by atoms with Crippen LogP contribution in [0.5, 0.6) is 0 Å². The Morgan fingerprint density at radius 1 is 0.594 bits per heavy atom. The van der Waals surface area contributed by atoms with E-state index in [2.05, 4.69) is 38.1 Å². The van der Waals surface area contributed by atoms with Gasteiger partial charge in [-0.2, -0.15) is 0 Å².